The Bertz CT molecular complexity index is 726. The zero-order valence-electron chi connectivity index (χ0n) is 11.1. The molecular formula is C14H15FN4O. The van der Waals surface area contributed by atoms with Crippen molar-refractivity contribution in [2.45, 2.75) is 26.6 Å². The molecule has 2 aromatic rings. The minimum absolute atomic E-state index is 0.185. The molecule has 3 N–H and O–H groups in total. The summed E-state index contributed by atoms with van der Waals surface area (Å²) in [5, 5.41) is 6.23. The van der Waals surface area contributed by atoms with Crippen LogP contribution in [0.25, 0.3) is 0 Å². The van der Waals surface area contributed by atoms with Crippen LogP contribution in [0.1, 0.15) is 22.3 Å². The SMILES string of the molecule is Cc1c(N2Cc3cc(F)c(CN)cc3C2)cn[nH]c1=O. The van der Waals surface area contributed by atoms with Crippen LogP contribution in [0.4, 0.5) is 10.1 Å². The predicted octanol–water partition coefficient (Wildman–Crippen LogP) is 1.20. The third kappa shape index (κ3) is 1.98. The lowest BCUT2D eigenvalue weighted by atomic mass is 10.1. The number of hydrogen-bond donors (Lipinski definition) is 2. The van der Waals surface area contributed by atoms with E-state index in [-0.39, 0.29) is 17.9 Å². The van der Waals surface area contributed by atoms with Crippen LogP contribution in [0.15, 0.2) is 23.1 Å². The first-order chi connectivity index (χ1) is 9.60. The summed E-state index contributed by atoms with van der Waals surface area (Å²) >= 11 is 0. The molecule has 5 nitrogen and oxygen atoms in total. The van der Waals surface area contributed by atoms with E-state index in [2.05, 4.69) is 10.2 Å². The molecule has 3 rings (SSSR count). The molecule has 20 heavy (non-hydrogen) atoms. The number of H-pyrrole nitrogens is 1. The molecule has 0 bridgehead atoms. The molecule has 0 saturated carbocycles. The summed E-state index contributed by atoms with van der Waals surface area (Å²) in [6.45, 7) is 3.15. The number of hydrogen-bond acceptors (Lipinski definition) is 4. The van der Waals surface area contributed by atoms with E-state index in [9.17, 15) is 9.18 Å². The second-order valence-corrected chi connectivity index (χ2v) is 4.98. The smallest absolute Gasteiger partial charge is 0.269 e. The standard InChI is InChI=1S/C14H15FN4O/c1-8-13(5-17-18-14(8)20)19-6-10-2-9(4-16)12(15)3-11(10)7-19/h2-3,5H,4,6-7,16H2,1H3,(H,18,20). The van der Waals surface area contributed by atoms with Crippen LogP contribution in [0.2, 0.25) is 0 Å². The van der Waals surface area contributed by atoms with Gasteiger partial charge in [-0.15, -0.1) is 0 Å². The van der Waals surface area contributed by atoms with E-state index in [1.54, 1.807) is 19.2 Å². The maximum atomic E-state index is 13.8. The number of nitrogens with one attached hydrogen (secondary N) is 1. The molecule has 104 valence electrons. The Balaban J connectivity index is 1.98. The van der Waals surface area contributed by atoms with Gasteiger partial charge in [0.1, 0.15) is 5.82 Å². The van der Waals surface area contributed by atoms with E-state index in [1.165, 1.54) is 6.07 Å². The minimum Gasteiger partial charge on any atom is -0.361 e. The number of benzene rings is 1. The fourth-order valence-corrected chi connectivity index (χ4v) is 2.57. The first-order valence-electron chi connectivity index (χ1n) is 6.39. The van der Waals surface area contributed by atoms with Gasteiger partial charge in [0.15, 0.2) is 0 Å². The molecule has 0 atom stereocenters. The van der Waals surface area contributed by atoms with Crippen LogP contribution in [-0.2, 0) is 19.6 Å². The second-order valence-electron chi connectivity index (χ2n) is 4.98. The summed E-state index contributed by atoms with van der Waals surface area (Å²) in [5.74, 6) is -0.270. The van der Waals surface area contributed by atoms with Crippen LogP contribution in [0, 0.1) is 12.7 Å². The van der Waals surface area contributed by atoms with E-state index in [0.717, 1.165) is 16.8 Å². The molecule has 2 heterocycles. The van der Waals surface area contributed by atoms with Gasteiger partial charge in [0.25, 0.3) is 5.56 Å². The molecule has 0 radical (unpaired) electrons. The molecule has 1 aromatic carbocycles. The van der Waals surface area contributed by atoms with Crippen molar-refractivity contribution in [2.75, 3.05) is 4.90 Å². The third-order valence-electron chi connectivity index (χ3n) is 3.73. The molecule has 0 amide bonds. The Morgan fingerprint density at radius 1 is 1.40 bits per heavy atom. The molecule has 1 aromatic heterocycles. The van der Waals surface area contributed by atoms with Crippen molar-refractivity contribution in [3.05, 3.63) is 56.8 Å². The van der Waals surface area contributed by atoms with Gasteiger partial charge in [0.05, 0.1) is 11.9 Å². The maximum Gasteiger partial charge on any atom is 0.269 e. The van der Waals surface area contributed by atoms with Crippen LogP contribution < -0.4 is 16.2 Å². The summed E-state index contributed by atoms with van der Waals surface area (Å²) in [7, 11) is 0. The molecule has 6 heteroatoms. The quantitative estimate of drug-likeness (QED) is 0.862. The summed E-state index contributed by atoms with van der Waals surface area (Å²) < 4.78 is 13.8. The van der Waals surface area contributed by atoms with E-state index < -0.39 is 0 Å². The highest BCUT2D eigenvalue weighted by Crippen LogP contribution is 2.30. The van der Waals surface area contributed by atoms with Gasteiger partial charge in [-0.05, 0) is 30.2 Å². The van der Waals surface area contributed by atoms with Gasteiger partial charge in [-0.1, -0.05) is 0 Å². The van der Waals surface area contributed by atoms with Gasteiger partial charge in [-0.3, -0.25) is 4.79 Å². The van der Waals surface area contributed by atoms with Gasteiger partial charge < -0.3 is 10.6 Å². The Morgan fingerprint density at radius 3 is 2.80 bits per heavy atom. The first-order valence-corrected chi connectivity index (χ1v) is 6.39. The number of aromatic nitrogens is 2. The Hall–Kier alpha value is -2.21. The normalized spacial score (nSPS) is 13.7. The highest BCUT2D eigenvalue weighted by molar-refractivity contribution is 5.55. The van der Waals surface area contributed by atoms with Crippen molar-refractivity contribution >= 4 is 5.69 Å². The topological polar surface area (TPSA) is 75.0 Å². The summed E-state index contributed by atoms with van der Waals surface area (Å²) in [6, 6.07) is 3.34. The molecule has 0 fully saturated rings. The summed E-state index contributed by atoms with van der Waals surface area (Å²) in [6.07, 6.45) is 1.63. The second kappa shape index (κ2) is 4.72. The number of nitrogens with zero attached hydrogens (tertiary/aromatic N) is 2. The molecule has 1 aliphatic rings. The lowest BCUT2D eigenvalue weighted by Crippen LogP contribution is -2.21. The number of anilines is 1. The zero-order valence-corrected chi connectivity index (χ0v) is 11.1. The zero-order chi connectivity index (χ0) is 14.3. The Labute approximate surface area is 115 Å². The molecule has 0 aliphatic carbocycles. The highest BCUT2D eigenvalue weighted by Gasteiger charge is 2.23. The average Bonchev–Trinajstić information content (AvgIpc) is 2.83. The van der Waals surface area contributed by atoms with E-state index in [0.29, 0.717) is 24.2 Å². The van der Waals surface area contributed by atoms with Gasteiger partial charge in [0, 0.05) is 30.8 Å². The highest BCUT2D eigenvalue weighted by atomic mass is 19.1. The van der Waals surface area contributed by atoms with Crippen LogP contribution >= 0.6 is 0 Å². The van der Waals surface area contributed by atoms with Crippen molar-refractivity contribution in [2.24, 2.45) is 5.73 Å². The number of halogens is 1. The van der Waals surface area contributed by atoms with E-state index in [4.69, 9.17) is 5.73 Å². The molecule has 1 aliphatic heterocycles. The molecule has 0 spiro atoms. The van der Waals surface area contributed by atoms with Crippen LogP contribution in [0.5, 0.6) is 0 Å². The maximum absolute atomic E-state index is 13.8. The average molecular weight is 274 g/mol. The minimum atomic E-state index is -0.270. The Kier molecular flexibility index (Phi) is 3.02. The van der Waals surface area contributed by atoms with Crippen molar-refractivity contribution in [1.29, 1.82) is 0 Å². The van der Waals surface area contributed by atoms with Gasteiger partial charge in [-0.2, -0.15) is 5.10 Å². The summed E-state index contributed by atoms with van der Waals surface area (Å²) in [5.41, 5.74) is 9.22. The first kappa shape index (κ1) is 12.8. The van der Waals surface area contributed by atoms with Crippen molar-refractivity contribution < 1.29 is 4.39 Å². The monoisotopic (exact) mass is 274 g/mol. The number of nitrogens with two attached hydrogens (primary N) is 1. The van der Waals surface area contributed by atoms with E-state index in [1.807, 2.05) is 4.90 Å². The Morgan fingerprint density at radius 2 is 2.10 bits per heavy atom. The molecular weight excluding hydrogens is 259 g/mol. The fourth-order valence-electron chi connectivity index (χ4n) is 2.57. The largest absolute Gasteiger partial charge is 0.361 e. The van der Waals surface area contributed by atoms with Crippen LogP contribution in [-0.4, -0.2) is 10.2 Å². The lowest BCUT2D eigenvalue weighted by molar-refractivity contribution is 0.608. The van der Waals surface area contributed by atoms with Crippen molar-refractivity contribution in [1.82, 2.24) is 10.2 Å². The number of aromatic amines is 1. The number of rotatable bonds is 2. The third-order valence-corrected chi connectivity index (χ3v) is 3.73. The van der Waals surface area contributed by atoms with Crippen molar-refractivity contribution in [3.8, 4) is 0 Å². The van der Waals surface area contributed by atoms with Crippen molar-refractivity contribution in [3.63, 3.8) is 0 Å². The molecule has 0 saturated heterocycles. The summed E-state index contributed by atoms with van der Waals surface area (Å²) in [4.78, 5) is 13.6. The van der Waals surface area contributed by atoms with Gasteiger partial charge >= 0.3 is 0 Å². The predicted molar refractivity (Wildman–Crippen MR) is 73.8 cm³/mol. The van der Waals surface area contributed by atoms with Crippen LogP contribution in [0.3, 0.4) is 0 Å². The fraction of sp³-hybridized carbons (Fsp3) is 0.286. The van der Waals surface area contributed by atoms with Gasteiger partial charge in [-0.25, -0.2) is 9.49 Å². The molecule has 0 unspecified atom stereocenters. The van der Waals surface area contributed by atoms with Gasteiger partial charge in [0.2, 0.25) is 0 Å². The van der Waals surface area contributed by atoms with E-state index >= 15 is 0 Å². The number of fused-ring (bicyclic) bond motifs is 1. The lowest BCUT2D eigenvalue weighted by Gasteiger charge is -2.18.